The number of ketones is 1. The second kappa shape index (κ2) is 9.80. The molecule has 0 fully saturated rings. The maximum atomic E-state index is 11.8. The Kier molecular flexibility index (Phi) is 8.10. The van der Waals surface area contributed by atoms with Gasteiger partial charge < -0.3 is 9.47 Å². The van der Waals surface area contributed by atoms with Crippen LogP contribution in [-0.4, -0.2) is 32.7 Å². The predicted molar refractivity (Wildman–Crippen MR) is 71.9 cm³/mol. The van der Waals surface area contributed by atoms with Gasteiger partial charge in [0.1, 0.15) is 0 Å². The summed E-state index contributed by atoms with van der Waals surface area (Å²) < 4.78 is 10.2. The fraction of sp³-hybridized carbons (Fsp3) is 0.533. The number of hydrogen-bond acceptors (Lipinski definition) is 3. The highest BCUT2D eigenvalue weighted by Gasteiger charge is 2.03. The molecule has 0 radical (unpaired) electrons. The summed E-state index contributed by atoms with van der Waals surface area (Å²) >= 11 is 0. The van der Waals surface area contributed by atoms with Gasteiger partial charge in [-0.1, -0.05) is 36.8 Å². The fourth-order valence-corrected chi connectivity index (χ4v) is 1.68. The number of ether oxygens (including phenoxy) is 2. The van der Waals surface area contributed by atoms with Crippen LogP contribution >= 0.6 is 0 Å². The lowest BCUT2D eigenvalue weighted by Crippen LogP contribution is -2.03. The van der Waals surface area contributed by atoms with E-state index in [4.69, 9.17) is 9.47 Å². The summed E-state index contributed by atoms with van der Waals surface area (Å²) in [6.45, 7) is 2.05. The Morgan fingerprint density at radius 2 is 1.78 bits per heavy atom. The van der Waals surface area contributed by atoms with Gasteiger partial charge in [-0.05, 0) is 12.8 Å². The van der Waals surface area contributed by atoms with Crippen LogP contribution in [0, 0.1) is 0 Å². The summed E-state index contributed by atoms with van der Waals surface area (Å²) in [5, 5.41) is 0. The van der Waals surface area contributed by atoms with Crippen LogP contribution < -0.4 is 0 Å². The molecule has 18 heavy (non-hydrogen) atoms. The molecule has 0 saturated heterocycles. The van der Waals surface area contributed by atoms with E-state index in [0.29, 0.717) is 19.6 Å². The highest BCUT2D eigenvalue weighted by molar-refractivity contribution is 5.95. The molecule has 0 aliphatic rings. The normalized spacial score (nSPS) is 10.5. The van der Waals surface area contributed by atoms with Gasteiger partial charge >= 0.3 is 0 Å². The Bertz CT molecular complexity index is 322. The molecule has 3 nitrogen and oxygen atoms in total. The molecular weight excluding hydrogens is 228 g/mol. The van der Waals surface area contributed by atoms with Crippen molar-refractivity contribution in [3.8, 4) is 0 Å². The number of rotatable bonds is 10. The molecule has 0 heterocycles. The van der Waals surface area contributed by atoms with Gasteiger partial charge in [-0.3, -0.25) is 4.79 Å². The molecule has 3 heteroatoms. The number of Topliss-reactive ketones (excluding diaryl/α,β-unsaturated/α-hetero) is 1. The minimum Gasteiger partial charge on any atom is -0.382 e. The van der Waals surface area contributed by atoms with E-state index in [0.717, 1.165) is 31.4 Å². The molecule has 1 aromatic carbocycles. The van der Waals surface area contributed by atoms with Crippen molar-refractivity contribution >= 4 is 5.78 Å². The summed E-state index contributed by atoms with van der Waals surface area (Å²) in [6, 6.07) is 9.47. The summed E-state index contributed by atoms with van der Waals surface area (Å²) in [6.07, 6.45) is 3.60. The maximum Gasteiger partial charge on any atom is 0.162 e. The lowest BCUT2D eigenvalue weighted by molar-refractivity contribution is 0.0684. The van der Waals surface area contributed by atoms with Crippen molar-refractivity contribution in [2.24, 2.45) is 0 Å². The van der Waals surface area contributed by atoms with Gasteiger partial charge in [-0.15, -0.1) is 0 Å². The summed E-state index contributed by atoms with van der Waals surface area (Å²) in [5.41, 5.74) is 0.814. The van der Waals surface area contributed by atoms with Gasteiger partial charge in [0.25, 0.3) is 0 Å². The molecule has 0 spiro atoms. The maximum absolute atomic E-state index is 11.8. The first-order chi connectivity index (χ1) is 8.84. The second-order valence-corrected chi connectivity index (χ2v) is 4.21. The minimum absolute atomic E-state index is 0.232. The molecule has 0 aromatic heterocycles. The number of carbonyl (C=O) groups is 1. The van der Waals surface area contributed by atoms with E-state index < -0.39 is 0 Å². The molecule has 0 atom stereocenters. The number of methoxy groups -OCH3 is 1. The third kappa shape index (κ3) is 6.52. The average Bonchev–Trinajstić information content (AvgIpc) is 2.42. The van der Waals surface area contributed by atoms with Crippen LogP contribution in [0.1, 0.15) is 36.0 Å². The van der Waals surface area contributed by atoms with Crippen molar-refractivity contribution < 1.29 is 14.3 Å². The Morgan fingerprint density at radius 3 is 2.50 bits per heavy atom. The van der Waals surface area contributed by atoms with Crippen LogP contribution in [-0.2, 0) is 9.47 Å². The number of carbonyl (C=O) groups excluding carboxylic acids is 1. The minimum atomic E-state index is 0.232. The van der Waals surface area contributed by atoms with E-state index >= 15 is 0 Å². The van der Waals surface area contributed by atoms with E-state index in [1.165, 1.54) is 0 Å². The second-order valence-electron chi connectivity index (χ2n) is 4.21. The topological polar surface area (TPSA) is 35.5 Å². The van der Waals surface area contributed by atoms with Crippen molar-refractivity contribution in [1.29, 1.82) is 0 Å². The van der Waals surface area contributed by atoms with Crippen molar-refractivity contribution in [2.75, 3.05) is 26.9 Å². The Morgan fingerprint density at radius 1 is 1.00 bits per heavy atom. The molecular formula is C15H22O3. The van der Waals surface area contributed by atoms with E-state index in [2.05, 4.69) is 0 Å². The van der Waals surface area contributed by atoms with Crippen LogP contribution in [0.4, 0.5) is 0 Å². The van der Waals surface area contributed by atoms with Crippen LogP contribution in [0.15, 0.2) is 30.3 Å². The van der Waals surface area contributed by atoms with Gasteiger partial charge in [0.15, 0.2) is 5.78 Å². The van der Waals surface area contributed by atoms with E-state index in [9.17, 15) is 4.79 Å². The van der Waals surface area contributed by atoms with Gasteiger partial charge in [0, 0.05) is 25.7 Å². The molecule has 1 aromatic rings. The molecule has 0 aliphatic carbocycles. The molecule has 1 rings (SSSR count). The Balaban J connectivity index is 2.00. The molecule has 100 valence electrons. The summed E-state index contributed by atoms with van der Waals surface area (Å²) in [5.74, 6) is 0.232. The third-order valence-corrected chi connectivity index (χ3v) is 2.72. The zero-order valence-electron chi connectivity index (χ0n) is 11.1. The molecule has 0 aliphatic heterocycles. The fourth-order valence-electron chi connectivity index (χ4n) is 1.68. The SMILES string of the molecule is COCCOCCCCCC(=O)c1ccccc1. The quantitative estimate of drug-likeness (QED) is 0.473. The standard InChI is InChI=1S/C15H22O3/c1-17-12-13-18-11-7-3-6-10-15(16)14-8-4-2-5-9-14/h2,4-5,8-9H,3,6-7,10-13H2,1H3. The van der Waals surface area contributed by atoms with Gasteiger partial charge in [-0.25, -0.2) is 0 Å². The van der Waals surface area contributed by atoms with E-state index in [-0.39, 0.29) is 5.78 Å². The van der Waals surface area contributed by atoms with E-state index in [1.807, 2.05) is 30.3 Å². The average molecular weight is 250 g/mol. The van der Waals surface area contributed by atoms with Gasteiger partial charge in [0.2, 0.25) is 0 Å². The first kappa shape index (κ1) is 14.9. The molecule has 0 amide bonds. The monoisotopic (exact) mass is 250 g/mol. The summed E-state index contributed by atoms with van der Waals surface area (Å²) in [4.78, 5) is 11.8. The van der Waals surface area contributed by atoms with E-state index in [1.54, 1.807) is 7.11 Å². The molecule has 0 saturated carbocycles. The smallest absolute Gasteiger partial charge is 0.162 e. The van der Waals surface area contributed by atoms with Crippen LogP contribution in [0.25, 0.3) is 0 Å². The predicted octanol–water partition coefficient (Wildman–Crippen LogP) is 3.09. The zero-order chi connectivity index (χ0) is 13.1. The summed E-state index contributed by atoms with van der Waals surface area (Å²) in [7, 11) is 1.67. The lowest BCUT2D eigenvalue weighted by atomic mass is 10.1. The number of hydrogen-bond donors (Lipinski definition) is 0. The zero-order valence-corrected chi connectivity index (χ0v) is 11.1. The first-order valence-corrected chi connectivity index (χ1v) is 6.49. The van der Waals surface area contributed by atoms with Crippen molar-refractivity contribution in [1.82, 2.24) is 0 Å². The third-order valence-electron chi connectivity index (χ3n) is 2.72. The highest BCUT2D eigenvalue weighted by atomic mass is 16.5. The van der Waals surface area contributed by atoms with Crippen LogP contribution in [0.3, 0.4) is 0 Å². The largest absolute Gasteiger partial charge is 0.382 e. The molecule has 0 N–H and O–H groups in total. The van der Waals surface area contributed by atoms with Crippen LogP contribution in [0.2, 0.25) is 0 Å². The Hall–Kier alpha value is -1.19. The van der Waals surface area contributed by atoms with Crippen LogP contribution in [0.5, 0.6) is 0 Å². The number of unbranched alkanes of at least 4 members (excludes halogenated alkanes) is 2. The van der Waals surface area contributed by atoms with Crippen molar-refractivity contribution in [3.63, 3.8) is 0 Å². The van der Waals surface area contributed by atoms with Crippen molar-refractivity contribution in [3.05, 3.63) is 35.9 Å². The molecule has 0 unspecified atom stereocenters. The van der Waals surface area contributed by atoms with Crippen molar-refractivity contribution in [2.45, 2.75) is 25.7 Å². The number of benzene rings is 1. The first-order valence-electron chi connectivity index (χ1n) is 6.49. The Labute approximate surface area is 109 Å². The highest BCUT2D eigenvalue weighted by Crippen LogP contribution is 2.07. The van der Waals surface area contributed by atoms with Gasteiger partial charge in [0.05, 0.1) is 13.2 Å². The lowest BCUT2D eigenvalue weighted by Gasteiger charge is -2.03. The molecule has 0 bridgehead atoms. The van der Waals surface area contributed by atoms with Gasteiger partial charge in [-0.2, -0.15) is 0 Å².